The maximum atomic E-state index is 12.4. The molecule has 3 aromatic carbocycles. The van der Waals surface area contributed by atoms with E-state index in [1.54, 1.807) is 48.8 Å². The van der Waals surface area contributed by atoms with E-state index in [0.29, 0.717) is 29.5 Å². The van der Waals surface area contributed by atoms with Crippen molar-refractivity contribution in [2.24, 2.45) is 0 Å². The number of likely N-dealkylation sites (tertiary alicyclic amines) is 2. The molecule has 10 heteroatoms. The molecule has 1 aromatic heterocycles. The van der Waals surface area contributed by atoms with Crippen LogP contribution in [0.2, 0.25) is 0 Å². The summed E-state index contributed by atoms with van der Waals surface area (Å²) in [6.45, 7) is 12.2. The lowest BCUT2D eigenvalue weighted by atomic mass is 10.2. The van der Waals surface area contributed by atoms with Gasteiger partial charge in [0.25, 0.3) is 0 Å². The van der Waals surface area contributed by atoms with Gasteiger partial charge in [-0.25, -0.2) is 4.79 Å². The summed E-state index contributed by atoms with van der Waals surface area (Å²) in [5, 5.41) is 5.69. The molecule has 0 unspecified atom stereocenters. The number of rotatable bonds is 12. The normalized spacial score (nSPS) is 14.5. The molecule has 0 atom stereocenters. The number of ether oxygens (including phenoxy) is 3. The Balaban J connectivity index is 0.000000236. The molecule has 0 aliphatic carbocycles. The van der Waals surface area contributed by atoms with E-state index >= 15 is 0 Å². The van der Waals surface area contributed by atoms with Crippen LogP contribution >= 0.6 is 0 Å². The molecule has 0 radical (unpaired) electrons. The average molecular weight is 653 g/mol. The van der Waals surface area contributed by atoms with Crippen LogP contribution in [0.1, 0.15) is 36.8 Å². The van der Waals surface area contributed by atoms with Crippen LogP contribution < -0.4 is 30.6 Å². The van der Waals surface area contributed by atoms with E-state index in [-0.39, 0.29) is 6.03 Å². The van der Waals surface area contributed by atoms with Crippen molar-refractivity contribution in [2.45, 2.75) is 39.5 Å². The van der Waals surface area contributed by atoms with Gasteiger partial charge in [0.15, 0.2) is 0 Å². The molecule has 4 N–H and O–H groups in total. The Morgan fingerprint density at radius 3 is 1.75 bits per heavy atom. The van der Waals surface area contributed by atoms with Crippen LogP contribution in [0.25, 0.3) is 0 Å². The van der Waals surface area contributed by atoms with E-state index < -0.39 is 0 Å². The lowest BCUT2D eigenvalue weighted by Gasteiger charge is -2.16. The molecule has 2 fully saturated rings. The Morgan fingerprint density at radius 1 is 0.688 bits per heavy atom. The minimum Gasteiger partial charge on any atom is -0.492 e. The van der Waals surface area contributed by atoms with Gasteiger partial charge in [0.05, 0.1) is 0 Å². The second-order valence-electron chi connectivity index (χ2n) is 12.2. The predicted molar refractivity (Wildman–Crippen MR) is 193 cm³/mol. The largest absolute Gasteiger partial charge is 0.492 e. The molecule has 6 rings (SSSR count). The quantitative estimate of drug-likeness (QED) is 0.136. The van der Waals surface area contributed by atoms with Crippen molar-refractivity contribution in [1.82, 2.24) is 14.8 Å². The highest BCUT2D eigenvalue weighted by molar-refractivity contribution is 5.99. The molecular formula is C38H48N6O4. The molecule has 2 aliphatic rings. The summed E-state index contributed by atoms with van der Waals surface area (Å²) in [5.74, 6) is 3.18. The first-order chi connectivity index (χ1) is 23.4. The molecule has 48 heavy (non-hydrogen) atoms. The number of aryl methyl sites for hydroxylation is 2. The summed E-state index contributed by atoms with van der Waals surface area (Å²) in [5.41, 5.74) is 9.97. The van der Waals surface area contributed by atoms with Crippen molar-refractivity contribution in [1.29, 1.82) is 0 Å². The number of nitrogen functional groups attached to an aromatic ring is 1. The summed E-state index contributed by atoms with van der Waals surface area (Å²) in [4.78, 5) is 21.2. The number of benzene rings is 3. The molecule has 2 saturated heterocycles. The van der Waals surface area contributed by atoms with Crippen LogP contribution in [-0.4, -0.2) is 73.3 Å². The second kappa shape index (κ2) is 17.9. The number of aromatic nitrogens is 1. The number of amides is 2. The van der Waals surface area contributed by atoms with E-state index in [1.165, 1.54) is 51.9 Å². The number of carbonyl (C=O) groups excluding carboxylic acids is 1. The molecule has 254 valence electrons. The van der Waals surface area contributed by atoms with E-state index in [4.69, 9.17) is 19.9 Å². The van der Waals surface area contributed by atoms with Crippen LogP contribution in [0.3, 0.4) is 0 Å². The highest BCUT2D eigenvalue weighted by Gasteiger charge is 2.13. The fourth-order valence-corrected chi connectivity index (χ4v) is 5.75. The number of nitrogens with one attached hydrogen (secondary N) is 2. The number of nitrogens with two attached hydrogens (primary N) is 1. The van der Waals surface area contributed by atoms with Gasteiger partial charge < -0.3 is 30.6 Å². The number of carbonyl (C=O) groups is 1. The molecule has 2 amide bonds. The monoisotopic (exact) mass is 652 g/mol. The van der Waals surface area contributed by atoms with Crippen molar-refractivity contribution in [3.63, 3.8) is 0 Å². The van der Waals surface area contributed by atoms with Gasteiger partial charge in [0.1, 0.15) is 36.2 Å². The fraction of sp³-hybridized carbons (Fsp3) is 0.368. The molecule has 2 aliphatic heterocycles. The van der Waals surface area contributed by atoms with E-state index in [1.807, 2.05) is 50.2 Å². The molecule has 0 bridgehead atoms. The molecule has 10 nitrogen and oxygen atoms in total. The Kier molecular flexibility index (Phi) is 12.9. The third kappa shape index (κ3) is 11.2. The first-order valence-electron chi connectivity index (χ1n) is 16.8. The maximum absolute atomic E-state index is 12.4. The smallest absolute Gasteiger partial charge is 0.323 e. The van der Waals surface area contributed by atoms with Crippen LogP contribution in [0.15, 0.2) is 85.2 Å². The van der Waals surface area contributed by atoms with Gasteiger partial charge >= 0.3 is 6.03 Å². The topological polar surface area (TPSA) is 114 Å². The third-order valence-corrected chi connectivity index (χ3v) is 8.36. The van der Waals surface area contributed by atoms with Gasteiger partial charge in [-0.15, -0.1) is 0 Å². The van der Waals surface area contributed by atoms with Gasteiger partial charge in [-0.3, -0.25) is 14.8 Å². The SMILES string of the molecule is Cc1cc(N)ccc1OCCN1CCCC1.Cc1cc(NC(=O)Nc2ccc(Oc3ccncc3)cc2)ccc1OCCN1CCCC1. The summed E-state index contributed by atoms with van der Waals surface area (Å²) >= 11 is 0. The first kappa shape index (κ1) is 34.5. The van der Waals surface area contributed by atoms with Crippen molar-refractivity contribution in [2.75, 3.05) is 68.8 Å². The Labute approximate surface area is 284 Å². The number of nitrogens with zero attached hydrogens (tertiary/aromatic N) is 3. The number of hydrogen-bond donors (Lipinski definition) is 3. The molecule has 4 aromatic rings. The number of hydrogen-bond acceptors (Lipinski definition) is 8. The Bertz CT molecular complexity index is 1570. The van der Waals surface area contributed by atoms with E-state index in [2.05, 4.69) is 25.4 Å². The lowest BCUT2D eigenvalue weighted by Crippen LogP contribution is -2.25. The Morgan fingerprint density at radius 2 is 1.19 bits per heavy atom. The highest BCUT2D eigenvalue weighted by atomic mass is 16.5. The number of urea groups is 1. The summed E-state index contributed by atoms with van der Waals surface area (Å²) in [7, 11) is 0. The average Bonchev–Trinajstić information content (AvgIpc) is 3.80. The molecule has 3 heterocycles. The standard InChI is InChI=1S/C25H28N4O3.C13H20N2O/c1-19-18-21(6-9-24(19)31-17-16-29-14-2-3-15-29)28-25(30)27-20-4-7-22(8-5-20)32-23-10-12-26-13-11-23;1-11-10-12(14)4-5-13(11)16-9-8-15-6-2-3-7-15/h4-13,18H,2-3,14-17H2,1H3,(H2,27,28,30);4-5,10H,2-3,6-9,14H2,1H3. The Hall–Kier alpha value is -4.80. The zero-order chi connectivity index (χ0) is 33.6. The summed E-state index contributed by atoms with van der Waals surface area (Å²) in [6, 6.07) is 21.9. The van der Waals surface area contributed by atoms with Crippen LogP contribution in [-0.2, 0) is 0 Å². The van der Waals surface area contributed by atoms with Gasteiger partial charge in [-0.05, 0) is 150 Å². The number of pyridine rings is 1. The van der Waals surface area contributed by atoms with Gasteiger partial charge in [0, 0.05) is 42.5 Å². The minimum absolute atomic E-state index is 0.310. The van der Waals surface area contributed by atoms with Crippen molar-refractivity contribution in [3.05, 3.63) is 96.3 Å². The second-order valence-corrected chi connectivity index (χ2v) is 12.2. The van der Waals surface area contributed by atoms with Crippen LogP contribution in [0.5, 0.6) is 23.0 Å². The zero-order valence-corrected chi connectivity index (χ0v) is 28.1. The first-order valence-corrected chi connectivity index (χ1v) is 16.8. The number of anilines is 3. The van der Waals surface area contributed by atoms with Gasteiger partial charge in [-0.2, -0.15) is 0 Å². The lowest BCUT2D eigenvalue weighted by molar-refractivity contribution is 0.237. The predicted octanol–water partition coefficient (Wildman–Crippen LogP) is 7.35. The minimum atomic E-state index is -0.310. The zero-order valence-electron chi connectivity index (χ0n) is 28.1. The van der Waals surface area contributed by atoms with Crippen LogP contribution in [0, 0.1) is 13.8 Å². The van der Waals surface area contributed by atoms with Gasteiger partial charge in [-0.1, -0.05) is 0 Å². The fourth-order valence-electron chi connectivity index (χ4n) is 5.75. The summed E-state index contributed by atoms with van der Waals surface area (Å²) < 4.78 is 17.4. The van der Waals surface area contributed by atoms with Crippen LogP contribution in [0.4, 0.5) is 21.9 Å². The van der Waals surface area contributed by atoms with Gasteiger partial charge in [0.2, 0.25) is 0 Å². The molecule has 0 saturated carbocycles. The highest BCUT2D eigenvalue weighted by Crippen LogP contribution is 2.24. The van der Waals surface area contributed by atoms with Crippen molar-refractivity contribution >= 4 is 23.1 Å². The van der Waals surface area contributed by atoms with Crippen molar-refractivity contribution in [3.8, 4) is 23.0 Å². The molecule has 0 spiro atoms. The maximum Gasteiger partial charge on any atom is 0.323 e. The van der Waals surface area contributed by atoms with Crippen molar-refractivity contribution < 1.29 is 19.0 Å². The van der Waals surface area contributed by atoms with E-state index in [0.717, 1.165) is 48.0 Å². The summed E-state index contributed by atoms with van der Waals surface area (Å²) in [6.07, 6.45) is 8.58. The molecular weight excluding hydrogens is 604 g/mol. The third-order valence-electron chi connectivity index (χ3n) is 8.36. The van der Waals surface area contributed by atoms with E-state index in [9.17, 15) is 4.79 Å².